The monoisotopic (exact) mass is 511 g/mol. The predicted octanol–water partition coefficient (Wildman–Crippen LogP) is 4.30. The van der Waals surface area contributed by atoms with Crippen LogP contribution in [0.4, 0.5) is 10.1 Å². The summed E-state index contributed by atoms with van der Waals surface area (Å²) in [5.74, 6) is 0.757. The minimum atomic E-state index is -0.304. The van der Waals surface area contributed by atoms with Crippen molar-refractivity contribution < 1.29 is 13.9 Å². The van der Waals surface area contributed by atoms with Crippen molar-refractivity contribution in [3.63, 3.8) is 0 Å². The molecule has 4 aromatic rings. The molecule has 0 atom stereocenters. The Morgan fingerprint density at radius 1 is 0.895 bits per heavy atom. The molecule has 5 rings (SSSR count). The number of nitrogens with one attached hydrogen (secondary N) is 1. The highest BCUT2D eigenvalue weighted by molar-refractivity contribution is 5.77. The Labute approximate surface area is 221 Å². The summed E-state index contributed by atoms with van der Waals surface area (Å²) in [6, 6.07) is 24.1. The topological polar surface area (TPSA) is 70.6 Å². The van der Waals surface area contributed by atoms with Crippen LogP contribution in [-0.2, 0) is 17.9 Å². The van der Waals surface area contributed by atoms with Crippen LogP contribution in [0.15, 0.2) is 91.3 Å². The van der Waals surface area contributed by atoms with Gasteiger partial charge in [0.15, 0.2) is 12.4 Å². The molecule has 194 valence electrons. The van der Waals surface area contributed by atoms with Crippen molar-refractivity contribution in [3.05, 3.63) is 108 Å². The van der Waals surface area contributed by atoms with Gasteiger partial charge in [-0.15, -0.1) is 0 Å². The van der Waals surface area contributed by atoms with Crippen LogP contribution in [0.25, 0.3) is 11.4 Å². The minimum absolute atomic E-state index is 0.114. The summed E-state index contributed by atoms with van der Waals surface area (Å²) in [4.78, 5) is 26.0. The lowest BCUT2D eigenvalue weighted by molar-refractivity contribution is -0.123. The summed E-state index contributed by atoms with van der Waals surface area (Å²) in [5.41, 5.74) is 3.94. The number of amides is 1. The Kier molecular flexibility index (Phi) is 8.20. The first kappa shape index (κ1) is 25.4. The number of ether oxygens (including phenoxy) is 1. The number of para-hydroxylation sites is 1. The maximum Gasteiger partial charge on any atom is 0.258 e. The van der Waals surface area contributed by atoms with Crippen LogP contribution >= 0.6 is 0 Å². The fourth-order valence-corrected chi connectivity index (χ4v) is 4.47. The molecule has 7 nitrogen and oxygen atoms in total. The predicted molar refractivity (Wildman–Crippen MR) is 145 cm³/mol. The van der Waals surface area contributed by atoms with E-state index in [1.54, 1.807) is 30.6 Å². The molecule has 1 saturated heterocycles. The number of aromatic nitrogens is 2. The number of carbonyl (C=O) groups is 1. The molecule has 1 aliphatic heterocycles. The molecule has 1 N–H and O–H groups in total. The number of anilines is 1. The number of piperazine rings is 1. The fraction of sp³-hybridized carbons (Fsp3) is 0.233. The van der Waals surface area contributed by atoms with E-state index in [1.807, 2.05) is 24.3 Å². The zero-order chi connectivity index (χ0) is 26.2. The average Bonchev–Trinajstić information content (AvgIpc) is 2.97. The standard InChI is InChI=1S/C30H30FN5O2/c31-26-10-7-23(8-11-26)20-34-29(37)22-38-28-12-9-24(30-32-13-4-14-33-30)19-25(28)21-35-15-17-36(18-16-35)27-5-2-1-3-6-27/h1-14,19H,15-18,20-22H2,(H,34,37). The van der Waals surface area contributed by atoms with Crippen molar-refractivity contribution >= 4 is 11.6 Å². The summed E-state index contributed by atoms with van der Waals surface area (Å²) in [5, 5.41) is 2.82. The van der Waals surface area contributed by atoms with E-state index >= 15 is 0 Å². The number of carbonyl (C=O) groups excluding carboxylic acids is 1. The second-order valence-electron chi connectivity index (χ2n) is 9.19. The van der Waals surface area contributed by atoms with Gasteiger partial charge < -0.3 is 15.0 Å². The van der Waals surface area contributed by atoms with Gasteiger partial charge in [-0.05, 0) is 54.1 Å². The SMILES string of the molecule is O=C(COc1ccc(-c2ncccn2)cc1CN1CCN(c2ccccc2)CC1)NCc1ccc(F)cc1. The molecule has 0 spiro atoms. The molecule has 1 amide bonds. The van der Waals surface area contributed by atoms with E-state index in [-0.39, 0.29) is 18.3 Å². The van der Waals surface area contributed by atoms with Crippen molar-refractivity contribution in [2.45, 2.75) is 13.1 Å². The second kappa shape index (κ2) is 12.3. The van der Waals surface area contributed by atoms with Gasteiger partial charge >= 0.3 is 0 Å². The third kappa shape index (κ3) is 6.72. The number of hydrogen-bond acceptors (Lipinski definition) is 6. The van der Waals surface area contributed by atoms with Gasteiger partial charge in [0.25, 0.3) is 5.91 Å². The highest BCUT2D eigenvalue weighted by Crippen LogP contribution is 2.27. The zero-order valence-electron chi connectivity index (χ0n) is 21.1. The highest BCUT2D eigenvalue weighted by Gasteiger charge is 2.19. The van der Waals surface area contributed by atoms with Gasteiger partial charge in [0.2, 0.25) is 0 Å². The van der Waals surface area contributed by atoms with E-state index in [9.17, 15) is 9.18 Å². The van der Waals surface area contributed by atoms with Crippen LogP contribution in [0.3, 0.4) is 0 Å². The second-order valence-corrected chi connectivity index (χ2v) is 9.19. The van der Waals surface area contributed by atoms with E-state index in [2.05, 4.69) is 49.4 Å². The summed E-state index contributed by atoms with van der Waals surface area (Å²) < 4.78 is 19.1. The Bertz CT molecular complexity index is 1330. The van der Waals surface area contributed by atoms with Crippen LogP contribution in [0, 0.1) is 5.82 Å². The molecule has 38 heavy (non-hydrogen) atoms. The third-order valence-corrected chi connectivity index (χ3v) is 6.53. The van der Waals surface area contributed by atoms with Gasteiger partial charge in [-0.2, -0.15) is 0 Å². The molecule has 8 heteroatoms. The van der Waals surface area contributed by atoms with Crippen molar-refractivity contribution in [3.8, 4) is 17.1 Å². The van der Waals surface area contributed by atoms with Gasteiger partial charge in [-0.1, -0.05) is 30.3 Å². The van der Waals surface area contributed by atoms with E-state index in [1.165, 1.54) is 17.8 Å². The van der Waals surface area contributed by atoms with Crippen molar-refractivity contribution in [2.24, 2.45) is 0 Å². The molecule has 0 radical (unpaired) electrons. The Morgan fingerprint density at radius 2 is 1.63 bits per heavy atom. The smallest absolute Gasteiger partial charge is 0.258 e. The van der Waals surface area contributed by atoms with Crippen molar-refractivity contribution in [2.75, 3.05) is 37.7 Å². The minimum Gasteiger partial charge on any atom is -0.483 e. The summed E-state index contributed by atoms with van der Waals surface area (Å²) in [7, 11) is 0. The molecule has 2 heterocycles. The Morgan fingerprint density at radius 3 is 2.37 bits per heavy atom. The van der Waals surface area contributed by atoms with Gasteiger partial charge in [0, 0.05) is 68.5 Å². The number of benzene rings is 3. The molecule has 0 aliphatic carbocycles. The molecule has 1 fully saturated rings. The van der Waals surface area contributed by atoms with Gasteiger partial charge in [-0.25, -0.2) is 14.4 Å². The first-order valence-corrected chi connectivity index (χ1v) is 12.7. The summed E-state index contributed by atoms with van der Waals surface area (Å²) in [6.45, 7) is 4.59. The quantitative estimate of drug-likeness (QED) is 0.361. The summed E-state index contributed by atoms with van der Waals surface area (Å²) in [6.07, 6.45) is 3.45. The Hall–Kier alpha value is -4.30. The first-order valence-electron chi connectivity index (χ1n) is 12.7. The van der Waals surface area contributed by atoms with E-state index in [4.69, 9.17) is 4.74 Å². The van der Waals surface area contributed by atoms with E-state index < -0.39 is 0 Å². The summed E-state index contributed by atoms with van der Waals surface area (Å²) >= 11 is 0. The van der Waals surface area contributed by atoms with Gasteiger partial charge in [0.05, 0.1) is 0 Å². The van der Waals surface area contributed by atoms with Crippen molar-refractivity contribution in [1.82, 2.24) is 20.2 Å². The van der Waals surface area contributed by atoms with Crippen LogP contribution < -0.4 is 15.0 Å². The number of halogens is 1. The maximum atomic E-state index is 13.1. The lowest BCUT2D eigenvalue weighted by Gasteiger charge is -2.36. The third-order valence-electron chi connectivity index (χ3n) is 6.53. The van der Waals surface area contributed by atoms with Crippen LogP contribution in [0.1, 0.15) is 11.1 Å². The number of rotatable bonds is 9. The van der Waals surface area contributed by atoms with Crippen LogP contribution in [0.2, 0.25) is 0 Å². The van der Waals surface area contributed by atoms with E-state index in [0.29, 0.717) is 24.7 Å². The first-order chi connectivity index (χ1) is 18.6. The number of nitrogens with zero attached hydrogens (tertiary/aromatic N) is 4. The lowest BCUT2D eigenvalue weighted by atomic mass is 10.1. The van der Waals surface area contributed by atoms with Crippen LogP contribution in [-0.4, -0.2) is 53.6 Å². The highest BCUT2D eigenvalue weighted by atomic mass is 19.1. The molecule has 0 bridgehead atoms. The number of hydrogen-bond donors (Lipinski definition) is 1. The molecule has 0 unspecified atom stereocenters. The van der Waals surface area contributed by atoms with Crippen LogP contribution in [0.5, 0.6) is 5.75 Å². The molecular formula is C30H30FN5O2. The average molecular weight is 512 g/mol. The maximum absolute atomic E-state index is 13.1. The van der Waals surface area contributed by atoms with Gasteiger partial charge in [0.1, 0.15) is 11.6 Å². The fourth-order valence-electron chi connectivity index (χ4n) is 4.47. The molecule has 0 saturated carbocycles. The van der Waals surface area contributed by atoms with E-state index in [0.717, 1.165) is 42.9 Å². The van der Waals surface area contributed by atoms with Gasteiger partial charge in [-0.3, -0.25) is 9.69 Å². The zero-order valence-corrected chi connectivity index (χ0v) is 21.1. The Balaban J connectivity index is 1.24. The largest absolute Gasteiger partial charge is 0.483 e. The lowest BCUT2D eigenvalue weighted by Crippen LogP contribution is -2.46. The van der Waals surface area contributed by atoms with Crippen molar-refractivity contribution in [1.29, 1.82) is 0 Å². The normalized spacial score (nSPS) is 13.8. The molecule has 3 aromatic carbocycles. The molecule has 1 aromatic heterocycles. The molecular weight excluding hydrogens is 481 g/mol. The molecule has 1 aliphatic rings.